The largest absolute Gasteiger partial charge is 0.550 e. The van der Waals surface area contributed by atoms with E-state index in [2.05, 4.69) is 21.4 Å². The summed E-state index contributed by atoms with van der Waals surface area (Å²) in [6, 6.07) is 14.8. The van der Waals surface area contributed by atoms with Crippen LogP contribution in [0.15, 0.2) is 59.1 Å². The van der Waals surface area contributed by atoms with Crippen LogP contribution in [0.4, 0.5) is 0 Å². The van der Waals surface area contributed by atoms with Gasteiger partial charge in [0.2, 0.25) is 5.91 Å². The Morgan fingerprint density at radius 3 is 2.37 bits per heavy atom. The number of rotatable bonds is 6. The molecular formula is C20H18BrN2O4-. The molecule has 6 nitrogen and oxygen atoms in total. The van der Waals surface area contributed by atoms with Crippen LogP contribution in [-0.4, -0.2) is 24.0 Å². The van der Waals surface area contributed by atoms with Crippen molar-refractivity contribution in [2.75, 3.05) is 7.11 Å². The minimum Gasteiger partial charge on any atom is -0.550 e. The summed E-state index contributed by atoms with van der Waals surface area (Å²) in [5.74, 6) is -0.818. The standard InChI is InChI=1S/C20H19BrN2O4/c1-27-16-8-4-13(5-9-16)17-12-18(14-2-6-15(21)7-3-14)23(22-17)19(24)10-11-20(25)26/h2-9,12,18,22H,10-11H2,1H3,(H,25,26)/p-1. The van der Waals surface area contributed by atoms with Gasteiger partial charge in [-0.2, -0.15) is 0 Å². The molecule has 1 unspecified atom stereocenters. The van der Waals surface area contributed by atoms with Gasteiger partial charge in [0.1, 0.15) is 5.75 Å². The summed E-state index contributed by atoms with van der Waals surface area (Å²) >= 11 is 3.41. The van der Waals surface area contributed by atoms with Crippen LogP contribution in [0.2, 0.25) is 0 Å². The van der Waals surface area contributed by atoms with E-state index in [1.165, 1.54) is 5.01 Å². The first-order chi connectivity index (χ1) is 13.0. The lowest BCUT2D eigenvalue weighted by Crippen LogP contribution is -2.40. The summed E-state index contributed by atoms with van der Waals surface area (Å²) in [4.78, 5) is 23.3. The lowest BCUT2D eigenvalue weighted by atomic mass is 10.0. The Labute approximate surface area is 165 Å². The molecule has 0 fully saturated rings. The number of benzene rings is 2. The lowest BCUT2D eigenvalue weighted by molar-refractivity contribution is -0.305. The normalized spacial score (nSPS) is 15.9. The monoisotopic (exact) mass is 429 g/mol. The van der Waals surface area contributed by atoms with Crippen LogP contribution in [-0.2, 0) is 9.59 Å². The van der Waals surface area contributed by atoms with Gasteiger partial charge in [-0.25, -0.2) is 5.01 Å². The summed E-state index contributed by atoms with van der Waals surface area (Å²) in [6.07, 6.45) is 1.50. The van der Waals surface area contributed by atoms with E-state index >= 15 is 0 Å². The maximum Gasteiger partial charge on any atom is 0.242 e. The van der Waals surface area contributed by atoms with Gasteiger partial charge in [0.05, 0.1) is 18.8 Å². The number of nitrogens with one attached hydrogen (secondary N) is 1. The average molecular weight is 430 g/mol. The van der Waals surface area contributed by atoms with Gasteiger partial charge in [0, 0.05) is 16.9 Å². The van der Waals surface area contributed by atoms with E-state index in [0.717, 1.165) is 27.0 Å². The van der Waals surface area contributed by atoms with Gasteiger partial charge >= 0.3 is 0 Å². The molecule has 7 heteroatoms. The number of carboxylic acids is 1. The van der Waals surface area contributed by atoms with Crippen molar-refractivity contribution in [3.63, 3.8) is 0 Å². The van der Waals surface area contributed by atoms with Crippen LogP contribution in [0.5, 0.6) is 5.75 Å². The molecule has 3 rings (SSSR count). The number of aliphatic carboxylic acids is 1. The van der Waals surface area contributed by atoms with Crippen molar-refractivity contribution in [1.29, 1.82) is 0 Å². The zero-order valence-electron chi connectivity index (χ0n) is 14.6. The highest BCUT2D eigenvalue weighted by atomic mass is 79.9. The van der Waals surface area contributed by atoms with Crippen LogP contribution in [0, 0.1) is 0 Å². The van der Waals surface area contributed by atoms with Gasteiger partial charge < -0.3 is 14.6 Å². The van der Waals surface area contributed by atoms with Crippen LogP contribution in [0.3, 0.4) is 0 Å². The Balaban J connectivity index is 1.89. The molecule has 1 aliphatic heterocycles. The highest BCUT2D eigenvalue weighted by Crippen LogP contribution is 2.32. The van der Waals surface area contributed by atoms with E-state index in [1.54, 1.807) is 7.11 Å². The molecule has 1 N–H and O–H groups in total. The fourth-order valence-electron chi connectivity index (χ4n) is 2.85. The quantitative estimate of drug-likeness (QED) is 0.762. The summed E-state index contributed by atoms with van der Waals surface area (Å²) < 4.78 is 6.11. The number of hydrazine groups is 1. The molecule has 1 aliphatic rings. The molecule has 0 aromatic heterocycles. The molecule has 1 amide bonds. The summed E-state index contributed by atoms with van der Waals surface area (Å²) in [5, 5.41) is 12.2. The molecule has 1 heterocycles. The van der Waals surface area contributed by atoms with Crippen LogP contribution in [0.1, 0.15) is 30.0 Å². The van der Waals surface area contributed by atoms with Crippen molar-refractivity contribution < 1.29 is 19.4 Å². The molecule has 0 saturated carbocycles. The SMILES string of the molecule is COc1ccc(C2=CC(c3ccc(Br)cc3)N(C(=O)CCC(=O)[O-])N2)cc1. The Morgan fingerprint density at radius 2 is 1.78 bits per heavy atom. The van der Waals surface area contributed by atoms with Gasteiger partial charge in [0.25, 0.3) is 0 Å². The first-order valence-corrected chi connectivity index (χ1v) is 9.17. The summed E-state index contributed by atoms with van der Waals surface area (Å²) in [6.45, 7) is 0. The number of hydrogen-bond donors (Lipinski definition) is 1. The average Bonchev–Trinajstić information content (AvgIpc) is 3.12. The number of methoxy groups -OCH3 is 1. The molecule has 0 aliphatic carbocycles. The second kappa shape index (κ2) is 8.26. The number of ether oxygens (including phenoxy) is 1. The minimum absolute atomic E-state index is 0.133. The molecule has 0 saturated heterocycles. The number of carbonyl (C=O) groups is 2. The third kappa shape index (κ3) is 4.49. The number of carboxylic acid groups (broad SMARTS) is 1. The highest BCUT2D eigenvalue weighted by Gasteiger charge is 2.30. The van der Waals surface area contributed by atoms with Crippen molar-refractivity contribution in [3.8, 4) is 5.75 Å². The fourth-order valence-corrected chi connectivity index (χ4v) is 3.12. The maximum atomic E-state index is 12.6. The number of halogens is 1. The molecule has 2 aromatic rings. The van der Waals surface area contributed by atoms with Crippen LogP contribution < -0.4 is 15.3 Å². The summed E-state index contributed by atoms with van der Waals surface area (Å²) in [5.41, 5.74) is 5.69. The van der Waals surface area contributed by atoms with Crippen molar-refractivity contribution in [2.24, 2.45) is 0 Å². The van der Waals surface area contributed by atoms with Crippen molar-refractivity contribution >= 4 is 33.5 Å². The number of nitrogens with zero attached hydrogens (tertiary/aromatic N) is 1. The van der Waals surface area contributed by atoms with Crippen LogP contribution in [0.25, 0.3) is 5.70 Å². The first-order valence-electron chi connectivity index (χ1n) is 8.38. The Kier molecular flexibility index (Phi) is 5.81. The number of hydrogen-bond acceptors (Lipinski definition) is 5. The van der Waals surface area contributed by atoms with E-state index in [1.807, 2.05) is 54.6 Å². The topological polar surface area (TPSA) is 81.7 Å². The van der Waals surface area contributed by atoms with Gasteiger partial charge in [-0.3, -0.25) is 10.2 Å². The van der Waals surface area contributed by atoms with Gasteiger partial charge in [-0.15, -0.1) is 0 Å². The Morgan fingerprint density at radius 1 is 1.11 bits per heavy atom. The maximum absolute atomic E-state index is 12.6. The van der Waals surface area contributed by atoms with Crippen molar-refractivity contribution in [3.05, 3.63) is 70.2 Å². The smallest absolute Gasteiger partial charge is 0.242 e. The van der Waals surface area contributed by atoms with Crippen molar-refractivity contribution in [1.82, 2.24) is 10.4 Å². The summed E-state index contributed by atoms with van der Waals surface area (Å²) in [7, 11) is 1.60. The first kappa shape index (κ1) is 19.0. The van der Waals surface area contributed by atoms with Gasteiger partial charge in [-0.1, -0.05) is 28.1 Å². The predicted molar refractivity (Wildman–Crippen MR) is 102 cm³/mol. The van der Waals surface area contributed by atoms with Gasteiger partial charge in [-0.05, 0) is 60.0 Å². The molecule has 2 aromatic carbocycles. The van der Waals surface area contributed by atoms with E-state index in [9.17, 15) is 14.7 Å². The molecule has 27 heavy (non-hydrogen) atoms. The van der Waals surface area contributed by atoms with Gasteiger partial charge in [0.15, 0.2) is 0 Å². The zero-order valence-corrected chi connectivity index (χ0v) is 16.2. The second-order valence-electron chi connectivity index (χ2n) is 6.05. The minimum atomic E-state index is -1.24. The third-order valence-electron chi connectivity index (χ3n) is 4.27. The third-order valence-corrected chi connectivity index (χ3v) is 4.80. The molecule has 1 atom stereocenters. The highest BCUT2D eigenvalue weighted by molar-refractivity contribution is 9.10. The van der Waals surface area contributed by atoms with E-state index in [4.69, 9.17) is 4.74 Å². The molecular weight excluding hydrogens is 412 g/mol. The van der Waals surface area contributed by atoms with E-state index < -0.39 is 5.97 Å². The zero-order chi connectivity index (χ0) is 19.4. The predicted octanol–water partition coefficient (Wildman–Crippen LogP) is 2.42. The second-order valence-corrected chi connectivity index (χ2v) is 6.97. The molecule has 0 radical (unpaired) electrons. The lowest BCUT2D eigenvalue weighted by Gasteiger charge is -2.25. The Bertz CT molecular complexity index is 863. The molecule has 140 valence electrons. The number of carbonyl (C=O) groups excluding carboxylic acids is 2. The number of amides is 1. The van der Waals surface area contributed by atoms with E-state index in [0.29, 0.717) is 0 Å². The molecule has 0 bridgehead atoms. The van der Waals surface area contributed by atoms with Crippen molar-refractivity contribution in [2.45, 2.75) is 18.9 Å². The van der Waals surface area contributed by atoms with Crippen LogP contribution >= 0.6 is 15.9 Å². The molecule has 0 spiro atoms. The fraction of sp³-hybridized carbons (Fsp3) is 0.200. The Hall–Kier alpha value is -2.80. The van der Waals surface area contributed by atoms with E-state index in [-0.39, 0.29) is 24.8 Å².